The Morgan fingerprint density at radius 3 is 2.74 bits per heavy atom. The van der Waals surface area contributed by atoms with Gasteiger partial charge in [-0.05, 0) is 42.2 Å². The van der Waals surface area contributed by atoms with Crippen LogP contribution in [0.2, 0.25) is 0 Å². The molecule has 4 rings (SSSR count). The first-order valence-corrected chi connectivity index (χ1v) is 9.81. The van der Waals surface area contributed by atoms with Gasteiger partial charge in [-0.15, -0.1) is 0 Å². The molecular weight excluding hydrogens is 338 g/mol. The van der Waals surface area contributed by atoms with Gasteiger partial charge in [0.1, 0.15) is 11.5 Å². The summed E-state index contributed by atoms with van der Waals surface area (Å²) in [6.45, 7) is 9.41. The fourth-order valence-corrected chi connectivity index (χ4v) is 5.65. The molecule has 0 spiro atoms. The molecule has 146 valence electrons. The van der Waals surface area contributed by atoms with Crippen molar-refractivity contribution in [2.45, 2.75) is 52.6 Å². The van der Waals surface area contributed by atoms with E-state index in [1.54, 1.807) is 14.2 Å². The average molecular weight is 370 g/mol. The number of fused-ring (bicyclic) bond motifs is 2. The summed E-state index contributed by atoms with van der Waals surface area (Å²) in [6.07, 6.45) is 5.88. The van der Waals surface area contributed by atoms with Crippen molar-refractivity contribution in [3.05, 3.63) is 30.0 Å². The van der Waals surface area contributed by atoms with Gasteiger partial charge in [-0.2, -0.15) is 5.10 Å². The number of H-pyrrole nitrogens is 1. The summed E-state index contributed by atoms with van der Waals surface area (Å²) >= 11 is 0. The van der Waals surface area contributed by atoms with Crippen LogP contribution < -0.4 is 9.47 Å². The number of nitrogens with zero attached hydrogens (tertiary/aromatic N) is 2. The predicted octanol–water partition coefficient (Wildman–Crippen LogP) is 4.49. The Balaban J connectivity index is 1.61. The second-order valence-corrected chi connectivity index (χ2v) is 9.46. The van der Waals surface area contributed by atoms with Crippen molar-refractivity contribution in [1.29, 1.82) is 0 Å². The summed E-state index contributed by atoms with van der Waals surface area (Å²) in [7, 11) is 3.37. The number of likely N-dealkylation sites (tertiary alicyclic amines) is 1. The van der Waals surface area contributed by atoms with Crippen molar-refractivity contribution in [3.8, 4) is 22.8 Å². The Labute approximate surface area is 162 Å². The van der Waals surface area contributed by atoms with Crippen LogP contribution in [0.4, 0.5) is 0 Å². The van der Waals surface area contributed by atoms with Crippen molar-refractivity contribution in [2.75, 3.05) is 20.8 Å². The van der Waals surface area contributed by atoms with Gasteiger partial charge in [0, 0.05) is 36.3 Å². The van der Waals surface area contributed by atoms with Gasteiger partial charge < -0.3 is 9.47 Å². The molecular formula is C22H31N3O2. The third kappa shape index (κ3) is 3.45. The largest absolute Gasteiger partial charge is 0.497 e. The molecule has 1 aromatic carbocycles. The number of aromatic amines is 1. The minimum absolute atomic E-state index is 0.435. The van der Waals surface area contributed by atoms with E-state index >= 15 is 0 Å². The lowest BCUT2D eigenvalue weighted by Crippen LogP contribution is -2.34. The highest BCUT2D eigenvalue weighted by Gasteiger charge is 2.49. The van der Waals surface area contributed by atoms with Gasteiger partial charge in [-0.3, -0.25) is 10.00 Å². The van der Waals surface area contributed by atoms with Crippen LogP contribution in [-0.4, -0.2) is 41.9 Å². The summed E-state index contributed by atoms with van der Waals surface area (Å²) < 4.78 is 10.9. The van der Waals surface area contributed by atoms with E-state index in [4.69, 9.17) is 9.47 Å². The van der Waals surface area contributed by atoms with Crippen LogP contribution in [0.1, 0.15) is 45.6 Å². The molecule has 1 aliphatic heterocycles. The SMILES string of the molecule is COc1ccc(-c2[nH]ncc2CN2C[C@]3(C)C[C@H]2CC(C)(C)C3)c(OC)c1. The molecule has 2 atom stereocenters. The third-order valence-corrected chi connectivity index (χ3v) is 6.29. The predicted molar refractivity (Wildman–Crippen MR) is 107 cm³/mol. The van der Waals surface area contributed by atoms with E-state index in [-0.39, 0.29) is 0 Å². The molecule has 2 fully saturated rings. The van der Waals surface area contributed by atoms with Gasteiger partial charge in [-0.25, -0.2) is 0 Å². The first-order chi connectivity index (χ1) is 12.8. The fraction of sp³-hybridized carbons (Fsp3) is 0.591. The van der Waals surface area contributed by atoms with E-state index in [2.05, 4.69) is 35.9 Å². The van der Waals surface area contributed by atoms with E-state index < -0.39 is 0 Å². The molecule has 0 amide bonds. The molecule has 5 nitrogen and oxygen atoms in total. The lowest BCUT2D eigenvalue weighted by atomic mass is 9.65. The summed E-state index contributed by atoms with van der Waals surface area (Å²) in [5.74, 6) is 1.59. The van der Waals surface area contributed by atoms with E-state index in [1.165, 1.54) is 31.4 Å². The Hall–Kier alpha value is -2.01. The van der Waals surface area contributed by atoms with Gasteiger partial charge in [0.05, 0.1) is 26.1 Å². The monoisotopic (exact) mass is 369 g/mol. The smallest absolute Gasteiger partial charge is 0.131 e. The van der Waals surface area contributed by atoms with Crippen LogP contribution in [0.25, 0.3) is 11.3 Å². The van der Waals surface area contributed by atoms with Crippen molar-refractivity contribution < 1.29 is 9.47 Å². The highest BCUT2D eigenvalue weighted by atomic mass is 16.5. The summed E-state index contributed by atoms with van der Waals surface area (Å²) in [5, 5.41) is 7.55. The van der Waals surface area contributed by atoms with Crippen LogP contribution in [-0.2, 0) is 6.54 Å². The maximum atomic E-state index is 5.61. The van der Waals surface area contributed by atoms with Crippen LogP contribution in [0, 0.1) is 10.8 Å². The molecule has 2 aromatic rings. The van der Waals surface area contributed by atoms with E-state index in [0.29, 0.717) is 16.9 Å². The minimum atomic E-state index is 0.435. The van der Waals surface area contributed by atoms with Gasteiger partial charge in [-0.1, -0.05) is 20.8 Å². The Morgan fingerprint density at radius 1 is 1.19 bits per heavy atom. The highest BCUT2D eigenvalue weighted by Crippen LogP contribution is 2.53. The van der Waals surface area contributed by atoms with Crippen molar-refractivity contribution >= 4 is 0 Å². The van der Waals surface area contributed by atoms with Crippen molar-refractivity contribution in [1.82, 2.24) is 15.1 Å². The molecule has 1 aromatic heterocycles. The quantitative estimate of drug-likeness (QED) is 0.843. The van der Waals surface area contributed by atoms with E-state index in [1.807, 2.05) is 24.4 Å². The van der Waals surface area contributed by atoms with E-state index in [0.717, 1.165) is 29.3 Å². The topological polar surface area (TPSA) is 50.4 Å². The number of nitrogens with one attached hydrogen (secondary N) is 1. The first kappa shape index (κ1) is 18.4. The normalized spacial score (nSPS) is 26.9. The maximum Gasteiger partial charge on any atom is 0.131 e. The van der Waals surface area contributed by atoms with Gasteiger partial charge in [0.15, 0.2) is 0 Å². The Bertz CT molecular complexity index is 829. The van der Waals surface area contributed by atoms with E-state index in [9.17, 15) is 0 Å². The maximum absolute atomic E-state index is 5.61. The zero-order valence-corrected chi connectivity index (χ0v) is 17.1. The second kappa shape index (κ2) is 6.55. The van der Waals surface area contributed by atoms with Gasteiger partial charge >= 0.3 is 0 Å². The van der Waals surface area contributed by atoms with Crippen LogP contribution in [0.5, 0.6) is 11.5 Å². The van der Waals surface area contributed by atoms with Crippen molar-refractivity contribution in [3.63, 3.8) is 0 Å². The molecule has 0 unspecified atom stereocenters. The molecule has 1 aliphatic carbocycles. The number of methoxy groups -OCH3 is 2. The number of ether oxygens (including phenoxy) is 2. The number of hydrogen-bond donors (Lipinski definition) is 1. The van der Waals surface area contributed by atoms with Gasteiger partial charge in [0.2, 0.25) is 0 Å². The molecule has 2 heterocycles. The lowest BCUT2D eigenvalue weighted by Gasteiger charge is -2.39. The van der Waals surface area contributed by atoms with Crippen LogP contribution in [0.3, 0.4) is 0 Å². The molecule has 2 aliphatic rings. The number of rotatable bonds is 5. The molecule has 1 saturated heterocycles. The standard InChI is InChI=1S/C22H31N3O2/c1-21(2)9-16-10-22(3,13-21)14-25(16)12-15-11-23-24-20(15)18-7-6-17(26-4)8-19(18)27-5/h6-8,11,16H,9-10,12-14H2,1-5H3,(H,23,24)/t16-,22-/m1/s1. The summed E-state index contributed by atoms with van der Waals surface area (Å²) in [5.41, 5.74) is 4.17. The third-order valence-electron chi connectivity index (χ3n) is 6.29. The molecule has 1 saturated carbocycles. The van der Waals surface area contributed by atoms with Crippen molar-refractivity contribution in [2.24, 2.45) is 10.8 Å². The van der Waals surface area contributed by atoms with Gasteiger partial charge in [0.25, 0.3) is 0 Å². The second-order valence-electron chi connectivity index (χ2n) is 9.46. The first-order valence-electron chi connectivity index (χ1n) is 9.81. The molecule has 2 bridgehead atoms. The van der Waals surface area contributed by atoms with Crippen LogP contribution >= 0.6 is 0 Å². The number of aromatic nitrogens is 2. The molecule has 1 N–H and O–H groups in total. The highest BCUT2D eigenvalue weighted by molar-refractivity contribution is 5.71. The average Bonchev–Trinajstić information content (AvgIpc) is 3.15. The summed E-state index contributed by atoms with van der Waals surface area (Å²) in [4.78, 5) is 2.67. The zero-order valence-electron chi connectivity index (χ0n) is 17.1. The number of benzene rings is 1. The molecule has 27 heavy (non-hydrogen) atoms. The summed E-state index contributed by atoms with van der Waals surface area (Å²) in [6, 6.07) is 6.60. The Kier molecular flexibility index (Phi) is 4.46. The number of hydrogen-bond acceptors (Lipinski definition) is 4. The zero-order chi connectivity index (χ0) is 19.2. The minimum Gasteiger partial charge on any atom is -0.497 e. The molecule has 5 heteroatoms. The fourth-order valence-electron chi connectivity index (χ4n) is 5.65. The molecule has 0 radical (unpaired) electrons. The lowest BCUT2D eigenvalue weighted by molar-refractivity contribution is 0.126. The van der Waals surface area contributed by atoms with Crippen LogP contribution in [0.15, 0.2) is 24.4 Å². The Morgan fingerprint density at radius 2 is 2.00 bits per heavy atom.